The summed E-state index contributed by atoms with van der Waals surface area (Å²) < 4.78 is 5.91. The van der Waals surface area contributed by atoms with E-state index in [0.717, 1.165) is 30.9 Å². The van der Waals surface area contributed by atoms with E-state index < -0.39 is 0 Å². The van der Waals surface area contributed by atoms with Crippen molar-refractivity contribution < 1.29 is 4.74 Å². The third-order valence-corrected chi connectivity index (χ3v) is 5.37. The lowest BCUT2D eigenvalue weighted by Gasteiger charge is -2.26. The maximum absolute atomic E-state index is 6.41. The van der Waals surface area contributed by atoms with Gasteiger partial charge in [-0.3, -0.25) is 4.98 Å². The maximum Gasteiger partial charge on any atom is 0.119 e. The molecule has 1 aliphatic rings. The smallest absolute Gasteiger partial charge is 0.119 e. The molecule has 0 spiro atoms. The van der Waals surface area contributed by atoms with Crippen LogP contribution < -0.4 is 10.5 Å². The molecule has 0 amide bonds. The normalized spacial score (nSPS) is 17.6. The Labute approximate surface area is 157 Å². The lowest BCUT2D eigenvalue weighted by molar-refractivity contribution is 0.205. The van der Waals surface area contributed by atoms with Crippen LogP contribution in [0.3, 0.4) is 0 Å². The topological polar surface area (TPSA) is 51.4 Å². The van der Waals surface area contributed by atoms with Crippen molar-refractivity contribution in [1.29, 1.82) is 0 Å². The van der Waals surface area contributed by atoms with Crippen LogP contribution in [-0.2, 0) is 0 Å². The molecule has 0 bridgehead atoms. The summed E-state index contributed by atoms with van der Waals surface area (Å²) in [7, 11) is 0. The number of nitrogens with two attached hydrogens (primary N) is 1. The zero-order chi connectivity index (χ0) is 18.2. The van der Waals surface area contributed by atoms with Gasteiger partial charge in [0.2, 0.25) is 0 Å². The van der Waals surface area contributed by atoms with E-state index in [1.807, 2.05) is 12.1 Å². The molecular formula is C22H31N3O. The highest BCUT2D eigenvalue weighted by atomic mass is 16.5. The maximum atomic E-state index is 6.41. The Morgan fingerprint density at radius 2 is 1.69 bits per heavy atom. The van der Waals surface area contributed by atoms with Crippen molar-refractivity contribution in [3.8, 4) is 5.75 Å². The van der Waals surface area contributed by atoms with E-state index in [2.05, 4.69) is 41.1 Å². The molecule has 140 valence electrons. The summed E-state index contributed by atoms with van der Waals surface area (Å²) in [6, 6.07) is 12.3. The Kier molecular flexibility index (Phi) is 7.04. The fourth-order valence-corrected chi connectivity index (χ4v) is 3.61. The van der Waals surface area contributed by atoms with Gasteiger partial charge in [-0.05, 0) is 67.7 Å². The van der Waals surface area contributed by atoms with Gasteiger partial charge in [0, 0.05) is 30.9 Å². The molecule has 26 heavy (non-hydrogen) atoms. The number of ether oxygens (including phenoxy) is 1. The minimum atomic E-state index is -0.0330. The van der Waals surface area contributed by atoms with E-state index in [0.29, 0.717) is 0 Å². The molecule has 1 fully saturated rings. The van der Waals surface area contributed by atoms with Crippen molar-refractivity contribution in [1.82, 2.24) is 9.88 Å². The minimum absolute atomic E-state index is 0.0330. The van der Waals surface area contributed by atoms with Crippen molar-refractivity contribution in [2.45, 2.75) is 44.6 Å². The number of benzene rings is 1. The van der Waals surface area contributed by atoms with Crippen LogP contribution in [0.4, 0.5) is 0 Å². The lowest BCUT2D eigenvalue weighted by Crippen LogP contribution is -2.31. The molecule has 4 heteroatoms. The highest BCUT2D eigenvalue weighted by molar-refractivity contribution is 5.31. The van der Waals surface area contributed by atoms with E-state index in [4.69, 9.17) is 10.5 Å². The number of pyridine rings is 1. The Morgan fingerprint density at radius 1 is 1.00 bits per heavy atom. The molecule has 1 aliphatic heterocycles. The van der Waals surface area contributed by atoms with Gasteiger partial charge in [-0.1, -0.05) is 25.5 Å². The zero-order valence-corrected chi connectivity index (χ0v) is 15.8. The second-order valence-electron chi connectivity index (χ2n) is 7.27. The third-order valence-electron chi connectivity index (χ3n) is 5.37. The van der Waals surface area contributed by atoms with Crippen LogP contribution in [0.5, 0.6) is 5.75 Å². The van der Waals surface area contributed by atoms with Gasteiger partial charge in [-0.15, -0.1) is 0 Å². The number of nitrogens with zero attached hydrogens (tertiary/aromatic N) is 2. The summed E-state index contributed by atoms with van der Waals surface area (Å²) in [5.74, 6) is 1.18. The van der Waals surface area contributed by atoms with Gasteiger partial charge < -0.3 is 15.4 Å². The Bertz CT molecular complexity index is 638. The van der Waals surface area contributed by atoms with E-state index in [-0.39, 0.29) is 12.0 Å². The van der Waals surface area contributed by atoms with E-state index >= 15 is 0 Å². The number of likely N-dealkylation sites (tertiary alicyclic amines) is 1. The van der Waals surface area contributed by atoms with Gasteiger partial charge in [0.25, 0.3) is 0 Å². The first kappa shape index (κ1) is 18.9. The first-order valence-corrected chi connectivity index (χ1v) is 9.84. The molecule has 2 heterocycles. The number of hydrogen-bond donors (Lipinski definition) is 1. The number of aromatic nitrogens is 1. The van der Waals surface area contributed by atoms with Gasteiger partial charge in [-0.25, -0.2) is 0 Å². The third kappa shape index (κ3) is 5.29. The minimum Gasteiger partial charge on any atom is -0.494 e. The van der Waals surface area contributed by atoms with Crippen LogP contribution in [-0.4, -0.2) is 36.1 Å². The van der Waals surface area contributed by atoms with Gasteiger partial charge in [0.1, 0.15) is 5.75 Å². The summed E-state index contributed by atoms with van der Waals surface area (Å²) in [5.41, 5.74) is 8.76. The molecule has 0 radical (unpaired) electrons. The summed E-state index contributed by atoms with van der Waals surface area (Å²) in [6.07, 6.45) is 8.77. The van der Waals surface area contributed by atoms with E-state index in [9.17, 15) is 0 Å². The largest absolute Gasteiger partial charge is 0.494 e. The van der Waals surface area contributed by atoms with Crippen LogP contribution in [0.1, 0.15) is 55.7 Å². The number of rotatable bonds is 8. The van der Waals surface area contributed by atoms with Crippen LogP contribution in [0.15, 0.2) is 48.8 Å². The average molecular weight is 354 g/mol. The standard InChI is InChI=1S/C22H31N3O/c1-18(22(23)20-10-12-24-13-11-20)19-6-8-21(9-7-19)26-17-5-16-25-14-3-2-4-15-25/h6-13,18,22H,2-5,14-17,23H2,1H3. The van der Waals surface area contributed by atoms with Crippen LogP contribution in [0.25, 0.3) is 0 Å². The predicted octanol–water partition coefficient (Wildman–Crippen LogP) is 4.14. The van der Waals surface area contributed by atoms with Gasteiger partial charge in [0.15, 0.2) is 0 Å². The van der Waals surface area contributed by atoms with Crippen LogP contribution in [0.2, 0.25) is 0 Å². The summed E-state index contributed by atoms with van der Waals surface area (Å²) in [4.78, 5) is 6.62. The first-order valence-electron chi connectivity index (χ1n) is 9.84. The number of piperidine rings is 1. The highest BCUT2D eigenvalue weighted by Gasteiger charge is 2.16. The van der Waals surface area contributed by atoms with Crippen molar-refractivity contribution in [2.75, 3.05) is 26.2 Å². The molecule has 1 aromatic heterocycles. The average Bonchev–Trinajstić information content (AvgIpc) is 2.72. The molecule has 1 aromatic carbocycles. The van der Waals surface area contributed by atoms with Crippen molar-refractivity contribution in [3.05, 3.63) is 59.9 Å². The highest BCUT2D eigenvalue weighted by Crippen LogP contribution is 2.29. The van der Waals surface area contributed by atoms with Gasteiger partial charge in [0.05, 0.1) is 6.61 Å². The van der Waals surface area contributed by atoms with Crippen LogP contribution >= 0.6 is 0 Å². The molecular weight excluding hydrogens is 322 g/mol. The molecule has 0 aliphatic carbocycles. The SMILES string of the molecule is CC(c1ccc(OCCCN2CCCCC2)cc1)C(N)c1ccncc1. The van der Waals surface area contributed by atoms with Crippen molar-refractivity contribution in [3.63, 3.8) is 0 Å². The van der Waals surface area contributed by atoms with Gasteiger partial charge >= 0.3 is 0 Å². The molecule has 3 rings (SSSR count). The zero-order valence-electron chi connectivity index (χ0n) is 15.8. The monoisotopic (exact) mass is 353 g/mol. The second-order valence-corrected chi connectivity index (χ2v) is 7.27. The Balaban J connectivity index is 1.45. The van der Waals surface area contributed by atoms with Crippen molar-refractivity contribution in [2.24, 2.45) is 5.73 Å². The summed E-state index contributed by atoms with van der Waals surface area (Å²) in [5, 5.41) is 0. The Morgan fingerprint density at radius 3 is 2.38 bits per heavy atom. The second kappa shape index (κ2) is 9.70. The molecule has 1 saturated heterocycles. The molecule has 2 atom stereocenters. The molecule has 0 saturated carbocycles. The lowest BCUT2D eigenvalue weighted by atomic mass is 9.90. The van der Waals surface area contributed by atoms with E-state index in [1.165, 1.54) is 37.9 Å². The van der Waals surface area contributed by atoms with Crippen LogP contribution in [0, 0.1) is 0 Å². The Hall–Kier alpha value is -1.91. The van der Waals surface area contributed by atoms with Crippen molar-refractivity contribution >= 4 is 0 Å². The predicted molar refractivity (Wildman–Crippen MR) is 106 cm³/mol. The summed E-state index contributed by atoms with van der Waals surface area (Å²) in [6.45, 7) is 6.60. The quantitative estimate of drug-likeness (QED) is 0.725. The molecule has 2 aromatic rings. The van der Waals surface area contributed by atoms with E-state index in [1.54, 1.807) is 12.4 Å². The molecule has 2 N–H and O–H groups in total. The molecule has 2 unspecified atom stereocenters. The summed E-state index contributed by atoms with van der Waals surface area (Å²) >= 11 is 0. The van der Waals surface area contributed by atoms with Gasteiger partial charge in [-0.2, -0.15) is 0 Å². The molecule has 4 nitrogen and oxygen atoms in total. The fourth-order valence-electron chi connectivity index (χ4n) is 3.61. The first-order chi connectivity index (χ1) is 12.7. The number of hydrogen-bond acceptors (Lipinski definition) is 4. The fraction of sp³-hybridized carbons (Fsp3) is 0.500.